The average molecular weight is 263 g/mol. The fraction of sp³-hybridized carbons (Fsp3) is 0. The molecule has 3 rings (SSSR count). The van der Waals surface area contributed by atoms with Gasteiger partial charge in [0, 0.05) is 5.56 Å². The van der Waals surface area contributed by atoms with Gasteiger partial charge < -0.3 is 9.90 Å². The maximum Gasteiger partial charge on any atom is 0.0934 e. The molecule has 98 valence electrons. The number of para-hydroxylation sites is 1. The van der Waals surface area contributed by atoms with Gasteiger partial charge in [-0.15, -0.1) is 0 Å². The molecule has 20 heavy (non-hydrogen) atoms. The number of hydrogen-bond donors (Lipinski definition) is 0. The van der Waals surface area contributed by atoms with Crippen LogP contribution in [0.5, 0.6) is 0 Å². The van der Waals surface area contributed by atoms with Gasteiger partial charge in [-0.05, 0) is 18.2 Å². The Morgan fingerprint density at radius 3 is 2.15 bits per heavy atom. The molecule has 0 aliphatic carbocycles. The molecule has 0 fully saturated rings. The van der Waals surface area contributed by atoms with Crippen molar-refractivity contribution < 1.29 is 9.90 Å². The van der Waals surface area contributed by atoms with E-state index in [9.17, 15) is 9.90 Å². The second-order valence-corrected chi connectivity index (χ2v) is 4.32. The van der Waals surface area contributed by atoms with E-state index in [2.05, 4.69) is 5.10 Å². The number of rotatable bonds is 3. The van der Waals surface area contributed by atoms with E-state index in [1.165, 1.54) is 10.7 Å². The van der Waals surface area contributed by atoms with Crippen molar-refractivity contribution in [2.75, 3.05) is 0 Å². The fourth-order valence-electron chi connectivity index (χ4n) is 2.04. The van der Waals surface area contributed by atoms with Crippen molar-refractivity contribution in [3.63, 3.8) is 0 Å². The summed E-state index contributed by atoms with van der Waals surface area (Å²) >= 11 is 0. The Morgan fingerprint density at radius 2 is 1.55 bits per heavy atom. The zero-order chi connectivity index (χ0) is 13.9. The van der Waals surface area contributed by atoms with Crippen molar-refractivity contribution >= 4 is 5.97 Å². The number of carbonyl (C=O) groups is 1. The van der Waals surface area contributed by atoms with Crippen molar-refractivity contribution in [1.82, 2.24) is 9.78 Å². The molecule has 4 heteroatoms. The second kappa shape index (κ2) is 5.01. The Hall–Kier alpha value is -2.88. The van der Waals surface area contributed by atoms with Crippen LogP contribution in [0, 0.1) is 0 Å². The first-order chi connectivity index (χ1) is 9.75. The molecule has 0 radical (unpaired) electrons. The molecule has 0 N–H and O–H groups in total. The molecule has 0 atom stereocenters. The zero-order valence-electron chi connectivity index (χ0n) is 10.6. The van der Waals surface area contributed by atoms with Crippen LogP contribution in [0.4, 0.5) is 0 Å². The lowest BCUT2D eigenvalue weighted by atomic mass is 10.1. The third-order valence-electron chi connectivity index (χ3n) is 2.99. The quantitative estimate of drug-likeness (QED) is 0.725. The third-order valence-corrected chi connectivity index (χ3v) is 2.99. The molecular formula is C16H11N2O2-. The Balaban J connectivity index is 2.15. The van der Waals surface area contributed by atoms with Crippen molar-refractivity contribution in [3.05, 3.63) is 72.4 Å². The van der Waals surface area contributed by atoms with Gasteiger partial charge in [0.05, 0.1) is 23.0 Å². The summed E-state index contributed by atoms with van der Waals surface area (Å²) in [6.07, 6.45) is 0. The first-order valence-electron chi connectivity index (χ1n) is 6.18. The molecular weight excluding hydrogens is 252 g/mol. The van der Waals surface area contributed by atoms with Gasteiger partial charge in [-0.2, -0.15) is 5.10 Å². The lowest BCUT2D eigenvalue weighted by molar-refractivity contribution is -0.255. The summed E-state index contributed by atoms with van der Waals surface area (Å²) in [5.74, 6) is -1.25. The SMILES string of the molecule is O=C([O-])c1cc(-c2ccccc2)nn1-c1ccccc1. The molecule has 0 saturated heterocycles. The monoisotopic (exact) mass is 263 g/mol. The highest BCUT2D eigenvalue weighted by Crippen LogP contribution is 2.21. The molecule has 0 bridgehead atoms. The number of carbonyl (C=O) groups excluding carboxylic acids is 1. The minimum absolute atomic E-state index is 0.0371. The topological polar surface area (TPSA) is 57.9 Å². The van der Waals surface area contributed by atoms with E-state index in [1.54, 1.807) is 12.1 Å². The maximum absolute atomic E-state index is 11.3. The summed E-state index contributed by atoms with van der Waals surface area (Å²) in [4.78, 5) is 11.3. The van der Waals surface area contributed by atoms with Gasteiger partial charge in [-0.1, -0.05) is 48.5 Å². The standard InChI is InChI=1S/C16H12N2O2/c19-16(20)15-11-14(12-7-3-1-4-8-12)17-18(15)13-9-5-2-6-10-13/h1-11H,(H,19,20)/p-1. The highest BCUT2D eigenvalue weighted by Gasteiger charge is 2.11. The predicted molar refractivity (Wildman–Crippen MR) is 73.3 cm³/mol. The largest absolute Gasteiger partial charge is 0.543 e. The van der Waals surface area contributed by atoms with Crippen LogP contribution in [0.1, 0.15) is 10.5 Å². The van der Waals surface area contributed by atoms with Crippen LogP contribution >= 0.6 is 0 Å². The van der Waals surface area contributed by atoms with E-state index >= 15 is 0 Å². The fourth-order valence-corrected chi connectivity index (χ4v) is 2.04. The van der Waals surface area contributed by atoms with Gasteiger partial charge in [0.25, 0.3) is 0 Å². The summed E-state index contributed by atoms with van der Waals surface area (Å²) in [5, 5.41) is 15.6. The summed E-state index contributed by atoms with van der Waals surface area (Å²) in [5.41, 5.74) is 2.20. The molecule has 0 spiro atoms. The van der Waals surface area contributed by atoms with Crippen molar-refractivity contribution in [1.29, 1.82) is 0 Å². The molecule has 2 aromatic carbocycles. The van der Waals surface area contributed by atoms with Gasteiger partial charge >= 0.3 is 0 Å². The number of hydrogen-bond acceptors (Lipinski definition) is 3. The average Bonchev–Trinajstić information content (AvgIpc) is 2.94. The van der Waals surface area contributed by atoms with Crippen LogP contribution in [-0.2, 0) is 0 Å². The van der Waals surface area contributed by atoms with Gasteiger partial charge in [0.2, 0.25) is 0 Å². The molecule has 4 nitrogen and oxygen atoms in total. The van der Waals surface area contributed by atoms with Crippen LogP contribution in [0.3, 0.4) is 0 Å². The molecule has 0 aliphatic rings. The molecule has 1 heterocycles. The number of aromatic carboxylic acids is 1. The molecule has 0 unspecified atom stereocenters. The Morgan fingerprint density at radius 1 is 0.950 bits per heavy atom. The third kappa shape index (κ3) is 2.19. The van der Waals surface area contributed by atoms with Gasteiger partial charge in [-0.3, -0.25) is 0 Å². The summed E-state index contributed by atoms with van der Waals surface area (Å²) < 4.78 is 1.39. The smallest absolute Gasteiger partial charge is 0.0934 e. The highest BCUT2D eigenvalue weighted by molar-refractivity contribution is 5.86. The lowest BCUT2D eigenvalue weighted by Crippen LogP contribution is -2.25. The van der Waals surface area contributed by atoms with Crippen LogP contribution in [0.2, 0.25) is 0 Å². The Kier molecular flexibility index (Phi) is 3.05. The van der Waals surface area contributed by atoms with E-state index in [-0.39, 0.29) is 5.69 Å². The van der Waals surface area contributed by atoms with E-state index < -0.39 is 5.97 Å². The maximum atomic E-state index is 11.3. The van der Waals surface area contributed by atoms with Gasteiger partial charge in [0.15, 0.2) is 0 Å². The summed E-state index contributed by atoms with van der Waals surface area (Å²) in [7, 11) is 0. The van der Waals surface area contributed by atoms with E-state index in [0.717, 1.165) is 5.56 Å². The van der Waals surface area contributed by atoms with Crippen molar-refractivity contribution in [3.8, 4) is 16.9 Å². The zero-order valence-corrected chi connectivity index (χ0v) is 10.6. The van der Waals surface area contributed by atoms with E-state index in [4.69, 9.17) is 0 Å². The number of benzene rings is 2. The Bertz CT molecular complexity index is 734. The number of aromatic nitrogens is 2. The number of carboxylic acid groups (broad SMARTS) is 1. The van der Waals surface area contributed by atoms with Crippen LogP contribution < -0.4 is 5.11 Å². The van der Waals surface area contributed by atoms with Crippen molar-refractivity contribution in [2.45, 2.75) is 0 Å². The van der Waals surface area contributed by atoms with Crippen LogP contribution in [0.25, 0.3) is 16.9 Å². The lowest BCUT2D eigenvalue weighted by Gasteiger charge is -2.07. The molecule has 0 aliphatic heterocycles. The minimum atomic E-state index is -1.25. The van der Waals surface area contributed by atoms with E-state index in [1.807, 2.05) is 48.5 Å². The number of carboxylic acids is 1. The summed E-state index contributed by atoms with van der Waals surface area (Å²) in [6, 6.07) is 20.1. The predicted octanol–water partition coefficient (Wildman–Crippen LogP) is 1.90. The Labute approximate surface area is 115 Å². The normalized spacial score (nSPS) is 10.4. The van der Waals surface area contributed by atoms with Crippen LogP contribution in [-0.4, -0.2) is 15.7 Å². The van der Waals surface area contributed by atoms with E-state index in [0.29, 0.717) is 11.4 Å². The molecule has 0 saturated carbocycles. The second-order valence-electron chi connectivity index (χ2n) is 4.32. The first-order valence-corrected chi connectivity index (χ1v) is 6.18. The molecule has 0 amide bonds. The van der Waals surface area contributed by atoms with Gasteiger partial charge in [0.1, 0.15) is 0 Å². The number of nitrogens with zero attached hydrogens (tertiary/aromatic N) is 2. The highest BCUT2D eigenvalue weighted by atomic mass is 16.4. The first kappa shape index (κ1) is 12.2. The van der Waals surface area contributed by atoms with Crippen molar-refractivity contribution in [2.24, 2.45) is 0 Å². The summed E-state index contributed by atoms with van der Waals surface area (Å²) in [6.45, 7) is 0. The van der Waals surface area contributed by atoms with Gasteiger partial charge in [-0.25, -0.2) is 4.68 Å². The molecule has 3 aromatic rings. The molecule has 1 aromatic heterocycles. The van der Waals surface area contributed by atoms with Crippen LogP contribution in [0.15, 0.2) is 66.7 Å². The minimum Gasteiger partial charge on any atom is -0.543 e.